The van der Waals surface area contributed by atoms with Crippen molar-refractivity contribution >= 4 is 35.1 Å². The van der Waals surface area contributed by atoms with Crippen LogP contribution in [0.15, 0.2) is 52.2 Å². The van der Waals surface area contributed by atoms with Gasteiger partial charge in [0.15, 0.2) is 17.7 Å². The molecule has 0 fully saturated rings. The molecule has 3 aromatic rings. The summed E-state index contributed by atoms with van der Waals surface area (Å²) in [7, 11) is 0. The monoisotopic (exact) mass is 422 g/mol. The van der Waals surface area contributed by atoms with Crippen LogP contribution in [-0.2, 0) is 4.79 Å². The molecule has 1 N–H and O–H groups in total. The van der Waals surface area contributed by atoms with Gasteiger partial charge < -0.3 is 14.5 Å². The van der Waals surface area contributed by atoms with Crippen LogP contribution in [0, 0.1) is 5.82 Å². The first-order valence-electron chi connectivity index (χ1n) is 8.26. The van der Waals surface area contributed by atoms with Gasteiger partial charge in [-0.1, -0.05) is 35.5 Å². The van der Waals surface area contributed by atoms with E-state index in [0.29, 0.717) is 10.8 Å². The van der Waals surface area contributed by atoms with Crippen LogP contribution < -0.4 is 10.1 Å². The highest BCUT2D eigenvalue weighted by Crippen LogP contribution is 2.27. The average molecular weight is 423 g/mol. The number of para-hydroxylation sites is 1. The third-order valence-corrected chi connectivity index (χ3v) is 4.69. The zero-order valence-electron chi connectivity index (χ0n) is 14.9. The maximum absolute atomic E-state index is 13.7. The number of benzene rings is 1. The number of anilines is 1. The quantitative estimate of drug-likeness (QED) is 0.560. The van der Waals surface area contributed by atoms with E-state index in [2.05, 4.69) is 20.5 Å². The van der Waals surface area contributed by atoms with Gasteiger partial charge in [-0.3, -0.25) is 4.79 Å². The van der Waals surface area contributed by atoms with E-state index in [1.165, 1.54) is 18.3 Å². The van der Waals surface area contributed by atoms with Gasteiger partial charge in [0.2, 0.25) is 5.91 Å². The van der Waals surface area contributed by atoms with E-state index in [1.807, 2.05) is 0 Å². The third kappa shape index (κ3) is 5.20. The lowest BCUT2D eigenvalue weighted by Gasteiger charge is -2.11. The minimum Gasteiger partial charge on any atom is -0.478 e. The van der Waals surface area contributed by atoms with Crippen LogP contribution in [0.25, 0.3) is 0 Å². The van der Waals surface area contributed by atoms with Crippen molar-refractivity contribution in [3.05, 3.63) is 59.3 Å². The van der Waals surface area contributed by atoms with E-state index in [4.69, 9.17) is 20.8 Å². The zero-order chi connectivity index (χ0) is 20.1. The molecule has 10 heteroatoms. The van der Waals surface area contributed by atoms with E-state index in [9.17, 15) is 9.18 Å². The normalized spacial score (nSPS) is 13.0. The van der Waals surface area contributed by atoms with E-state index < -0.39 is 17.2 Å². The molecule has 0 aliphatic carbocycles. The van der Waals surface area contributed by atoms with Crippen molar-refractivity contribution in [3.63, 3.8) is 0 Å². The fraction of sp³-hybridized carbons (Fsp3) is 0.222. The molecule has 0 spiro atoms. The number of hydrogen-bond donors (Lipinski definition) is 1. The highest BCUT2D eigenvalue weighted by atomic mass is 35.5. The lowest BCUT2D eigenvalue weighted by atomic mass is 10.3. The number of amides is 1. The second kappa shape index (κ2) is 9.03. The molecule has 7 nitrogen and oxygen atoms in total. The number of nitrogens with one attached hydrogen (secondary N) is 1. The minimum absolute atomic E-state index is 0.0885. The first kappa shape index (κ1) is 20.1. The number of pyridine rings is 1. The Kier molecular flexibility index (Phi) is 6.48. The highest BCUT2D eigenvalue weighted by Gasteiger charge is 2.21. The second-order valence-electron chi connectivity index (χ2n) is 5.71. The molecule has 0 aliphatic heterocycles. The number of carbonyl (C=O) groups excluding carboxylic acids is 1. The molecule has 3 rings (SSSR count). The maximum Gasteiger partial charge on any atom is 0.277 e. The molecule has 0 saturated heterocycles. The molecule has 1 amide bonds. The molecule has 0 bridgehead atoms. The van der Waals surface area contributed by atoms with E-state index in [-0.39, 0.29) is 22.8 Å². The van der Waals surface area contributed by atoms with Crippen LogP contribution in [0.5, 0.6) is 5.75 Å². The smallest absolute Gasteiger partial charge is 0.277 e. The van der Waals surface area contributed by atoms with Crippen molar-refractivity contribution in [2.45, 2.75) is 30.4 Å². The van der Waals surface area contributed by atoms with Crippen LogP contribution in [0.2, 0.25) is 5.02 Å². The summed E-state index contributed by atoms with van der Waals surface area (Å²) in [6, 6.07) is 9.27. The topological polar surface area (TPSA) is 90.1 Å². The molecule has 2 unspecified atom stereocenters. The van der Waals surface area contributed by atoms with Crippen molar-refractivity contribution in [3.8, 4) is 5.75 Å². The Hall–Kier alpha value is -2.65. The number of ether oxygens (including phenoxy) is 1. The van der Waals surface area contributed by atoms with Gasteiger partial charge in [-0.25, -0.2) is 9.37 Å². The number of rotatable bonds is 7. The zero-order valence-corrected chi connectivity index (χ0v) is 16.5. The van der Waals surface area contributed by atoms with Gasteiger partial charge >= 0.3 is 0 Å². The van der Waals surface area contributed by atoms with Gasteiger partial charge in [0, 0.05) is 6.20 Å². The minimum atomic E-state index is -0.652. The summed E-state index contributed by atoms with van der Waals surface area (Å²) < 4.78 is 24.7. The lowest BCUT2D eigenvalue weighted by molar-refractivity contribution is -0.115. The highest BCUT2D eigenvalue weighted by molar-refractivity contribution is 8.00. The maximum atomic E-state index is 13.7. The largest absolute Gasteiger partial charge is 0.478 e. The lowest BCUT2D eigenvalue weighted by Crippen LogP contribution is -2.22. The fourth-order valence-electron chi connectivity index (χ4n) is 2.10. The number of halogens is 2. The summed E-state index contributed by atoms with van der Waals surface area (Å²) in [5.74, 6) is -0.108. The molecule has 2 heterocycles. The van der Waals surface area contributed by atoms with Crippen LogP contribution in [0.1, 0.15) is 25.8 Å². The van der Waals surface area contributed by atoms with Gasteiger partial charge in [0.25, 0.3) is 11.1 Å². The SMILES string of the molecule is CC(Sc1nnc(C(C)Oc2ccccc2F)o1)C(=O)Nc1ccc(Cl)cn1. The summed E-state index contributed by atoms with van der Waals surface area (Å²) in [5, 5.41) is 10.6. The number of nitrogens with zero attached hydrogens (tertiary/aromatic N) is 3. The standard InChI is InChI=1S/C18H16ClFN4O3S/c1-10(26-14-6-4-3-5-13(14)20)17-23-24-18(27-17)28-11(2)16(25)22-15-8-7-12(19)9-21-15/h3-11H,1-2H3,(H,21,22,25). The van der Waals surface area contributed by atoms with Crippen molar-refractivity contribution in [1.82, 2.24) is 15.2 Å². The molecule has 0 aliphatic rings. The number of hydrogen-bond acceptors (Lipinski definition) is 7. The number of thioether (sulfide) groups is 1. The Balaban J connectivity index is 1.58. The molecule has 146 valence electrons. The molecule has 0 radical (unpaired) electrons. The Morgan fingerprint density at radius 3 is 2.75 bits per heavy atom. The predicted octanol–water partition coefficient (Wildman–Crippen LogP) is 4.52. The van der Waals surface area contributed by atoms with Crippen molar-refractivity contribution in [2.24, 2.45) is 0 Å². The van der Waals surface area contributed by atoms with Crippen LogP contribution in [0.3, 0.4) is 0 Å². The molecular formula is C18H16ClFN4O3S. The molecule has 2 aromatic heterocycles. The van der Waals surface area contributed by atoms with E-state index in [1.54, 1.807) is 38.1 Å². The number of carbonyl (C=O) groups is 1. The first-order chi connectivity index (χ1) is 13.4. The van der Waals surface area contributed by atoms with Crippen molar-refractivity contribution in [1.29, 1.82) is 0 Å². The van der Waals surface area contributed by atoms with Gasteiger partial charge in [0.05, 0.1) is 10.3 Å². The molecule has 0 saturated carbocycles. The second-order valence-corrected chi connectivity index (χ2v) is 7.44. The van der Waals surface area contributed by atoms with Gasteiger partial charge in [0.1, 0.15) is 5.82 Å². The van der Waals surface area contributed by atoms with Crippen molar-refractivity contribution in [2.75, 3.05) is 5.32 Å². The molecule has 1 aromatic carbocycles. The third-order valence-electron chi connectivity index (χ3n) is 3.54. The molecule has 2 atom stereocenters. The summed E-state index contributed by atoms with van der Waals surface area (Å²) in [6.45, 7) is 3.36. The molecule has 28 heavy (non-hydrogen) atoms. The first-order valence-corrected chi connectivity index (χ1v) is 9.52. The van der Waals surface area contributed by atoms with Crippen LogP contribution in [-0.4, -0.2) is 26.3 Å². The summed E-state index contributed by atoms with van der Waals surface area (Å²) in [6.07, 6.45) is 0.789. The molecular weight excluding hydrogens is 407 g/mol. The van der Waals surface area contributed by atoms with Crippen LogP contribution in [0.4, 0.5) is 10.2 Å². The van der Waals surface area contributed by atoms with Gasteiger partial charge in [-0.05, 0) is 38.1 Å². The van der Waals surface area contributed by atoms with Gasteiger partial charge in [-0.15, -0.1) is 10.2 Å². The fourth-order valence-corrected chi connectivity index (χ4v) is 2.90. The Bertz CT molecular complexity index is 954. The van der Waals surface area contributed by atoms with Crippen LogP contribution >= 0.6 is 23.4 Å². The predicted molar refractivity (Wildman–Crippen MR) is 103 cm³/mol. The van der Waals surface area contributed by atoms with E-state index >= 15 is 0 Å². The Morgan fingerprint density at radius 2 is 2.04 bits per heavy atom. The number of aromatic nitrogens is 3. The summed E-state index contributed by atoms with van der Waals surface area (Å²) >= 11 is 6.85. The Labute approximate surface area is 169 Å². The van der Waals surface area contributed by atoms with E-state index in [0.717, 1.165) is 11.8 Å². The van der Waals surface area contributed by atoms with Gasteiger partial charge in [-0.2, -0.15) is 0 Å². The summed E-state index contributed by atoms with van der Waals surface area (Å²) in [5.41, 5.74) is 0. The Morgan fingerprint density at radius 1 is 1.25 bits per heavy atom. The summed E-state index contributed by atoms with van der Waals surface area (Å²) in [4.78, 5) is 16.3. The van der Waals surface area contributed by atoms with Crippen molar-refractivity contribution < 1.29 is 18.3 Å². The average Bonchev–Trinajstić information content (AvgIpc) is 3.14.